The van der Waals surface area contributed by atoms with Crippen LogP contribution < -0.4 is 10.2 Å². The number of amides is 1. The molecule has 0 aliphatic heterocycles. The number of para-hydroxylation sites is 1. The molecule has 0 fully saturated rings. The van der Waals surface area contributed by atoms with Crippen molar-refractivity contribution >= 4 is 28.3 Å². The minimum absolute atomic E-state index is 0.203. The summed E-state index contributed by atoms with van der Waals surface area (Å²) in [6.45, 7) is 6.77. The van der Waals surface area contributed by atoms with Crippen molar-refractivity contribution in [3.8, 4) is 0 Å². The molecule has 0 aliphatic carbocycles. The van der Waals surface area contributed by atoms with Crippen molar-refractivity contribution in [3.05, 3.63) is 71.3 Å². The third-order valence-corrected chi connectivity index (χ3v) is 5.83. The van der Waals surface area contributed by atoms with Gasteiger partial charge < -0.3 is 10.2 Å². The number of aromatic nitrogens is 2. The third-order valence-electron chi connectivity index (χ3n) is 5.04. The van der Waals surface area contributed by atoms with E-state index in [1.165, 1.54) is 28.7 Å². The van der Waals surface area contributed by atoms with Crippen LogP contribution >= 0.6 is 11.5 Å². The molecule has 1 heterocycles. The lowest BCUT2D eigenvalue weighted by atomic mass is 10.1. The Hall–Kier alpha value is -2.80. The van der Waals surface area contributed by atoms with E-state index in [9.17, 15) is 9.18 Å². The smallest absolute Gasteiger partial charge is 0.226 e. The molecule has 0 spiro atoms. The van der Waals surface area contributed by atoms with Gasteiger partial charge in [-0.3, -0.25) is 4.79 Å². The lowest BCUT2D eigenvalue weighted by molar-refractivity contribution is -0.116. The molecule has 1 unspecified atom stereocenters. The fourth-order valence-corrected chi connectivity index (χ4v) is 3.86. The summed E-state index contributed by atoms with van der Waals surface area (Å²) < 4.78 is 18.3. The van der Waals surface area contributed by atoms with Gasteiger partial charge in [0.1, 0.15) is 11.6 Å². The molecule has 3 aromatic rings. The molecule has 158 valence electrons. The van der Waals surface area contributed by atoms with E-state index < -0.39 is 5.82 Å². The molecule has 1 amide bonds. The minimum Gasteiger partial charge on any atom is -0.344 e. The molecular formula is C23H27FN4OS. The van der Waals surface area contributed by atoms with Crippen LogP contribution in [0.2, 0.25) is 0 Å². The maximum Gasteiger partial charge on any atom is 0.226 e. The molecule has 0 saturated carbocycles. The fourth-order valence-electron chi connectivity index (χ4n) is 3.04. The Morgan fingerprint density at radius 1 is 1.20 bits per heavy atom. The van der Waals surface area contributed by atoms with Crippen molar-refractivity contribution < 1.29 is 9.18 Å². The molecule has 0 aliphatic rings. The number of rotatable bonds is 9. The van der Waals surface area contributed by atoms with E-state index in [1.807, 2.05) is 0 Å². The van der Waals surface area contributed by atoms with Crippen LogP contribution in [-0.4, -0.2) is 27.9 Å². The molecule has 7 heteroatoms. The lowest BCUT2D eigenvalue weighted by Crippen LogP contribution is -2.35. The number of aryl methyl sites for hydroxylation is 1. The zero-order valence-corrected chi connectivity index (χ0v) is 18.4. The first-order valence-electron chi connectivity index (χ1n) is 10.2. The highest BCUT2D eigenvalue weighted by Crippen LogP contribution is 2.23. The summed E-state index contributed by atoms with van der Waals surface area (Å²) in [5, 5.41) is 3.45. The van der Waals surface area contributed by atoms with Gasteiger partial charge in [0.05, 0.1) is 5.69 Å². The van der Waals surface area contributed by atoms with Gasteiger partial charge in [-0.05, 0) is 38.0 Å². The zero-order chi connectivity index (χ0) is 21.5. The SMILES string of the molecule is CCC(C)N(CCC(=O)Nc1ccccc1F)c1nc(Cc2ccc(C)cc2)ns1. The highest BCUT2D eigenvalue weighted by Gasteiger charge is 2.19. The summed E-state index contributed by atoms with van der Waals surface area (Å²) in [5.41, 5.74) is 2.60. The quantitative estimate of drug-likeness (QED) is 0.510. The number of nitrogens with one attached hydrogen (secondary N) is 1. The number of anilines is 2. The van der Waals surface area contributed by atoms with Crippen molar-refractivity contribution in [3.63, 3.8) is 0 Å². The summed E-state index contributed by atoms with van der Waals surface area (Å²) in [6, 6.07) is 14.8. The summed E-state index contributed by atoms with van der Waals surface area (Å²) >= 11 is 1.35. The van der Waals surface area contributed by atoms with Gasteiger partial charge in [-0.15, -0.1) is 0 Å². The number of carbonyl (C=O) groups is 1. The van der Waals surface area contributed by atoms with Crippen LogP contribution in [0.15, 0.2) is 48.5 Å². The first-order valence-corrected chi connectivity index (χ1v) is 10.9. The minimum atomic E-state index is -0.436. The summed E-state index contributed by atoms with van der Waals surface area (Å²) in [5.74, 6) is 0.121. The fraction of sp³-hybridized carbons (Fsp3) is 0.348. The molecule has 0 saturated heterocycles. The van der Waals surface area contributed by atoms with E-state index >= 15 is 0 Å². The van der Waals surface area contributed by atoms with Gasteiger partial charge in [0, 0.05) is 37.0 Å². The number of hydrogen-bond donors (Lipinski definition) is 1. The van der Waals surface area contributed by atoms with Crippen LogP contribution in [0.25, 0.3) is 0 Å². The van der Waals surface area contributed by atoms with Gasteiger partial charge in [-0.2, -0.15) is 4.37 Å². The second-order valence-electron chi connectivity index (χ2n) is 7.38. The van der Waals surface area contributed by atoms with Crippen LogP contribution in [0, 0.1) is 12.7 Å². The van der Waals surface area contributed by atoms with Gasteiger partial charge in [0.25, 0.3) is 0 Å². The first kappa shape index (κ1) is 21.9. The highest BCUT2D eigenvalue weighted by molar-refractivity contribution is 7.09. The summed E-state index contributed by atoms with van der Waals surface area (Å²) in [4.78, 5) is 19.2. The van der Waals surface area contributed by atoms with Gasteiger partial charge in [-0.1, -0.05) is 48.9 Å². The van der Waals surface area contributed by atoms with Crippen LogP contribution in [0.4, 0.5) is 15.2 Å². The summed E-state index contributed by atoms with van der Waals surface area (Å²) in [7, 11) is 0. The third kappa shape index (κ3) is 5.86. The Morgan fingerprint density at radius 3 is 2.63 bits per heavy atom. The molecule has 0 bridgehead atoms. The topological polar surface area (TPSA) is 58.1 Å². The van der Waals surface area contributed by atoms with E-state index in [2.05, 4.69) is 59.6 Å². The number of halogens is 1. The Morgan fingerprint density at radius 2 is 1.93 bits per heavy atom. The Bertz CT molecular complexity index is 973. The van der Waals surface area contributed by atoms with Gasteiger partial charge in [-0.25, -0.2) is 9.37 Å². The highest BCUT2D eigenvalue weighted by atomic mass is 32.1. The van der Waals surface area contributed by atoms with Crippen molar-refractivity contribution in [2.24, 2.45) is 0 Å². The van der Waals surface area contributed by atoms with Crippen molar-refractivity contribution in [1.82, 2.24) is 9.36 Å². The van der Waals surface area contributed by atoms with Gasteiger partial charge >= 0.3 is 0 Å². The predicted molar refractivity (Wildman–Crippen MR) is 121 cm³/mol. The van der Waals surface area contributed by atoms with Crippen LogP contribution in [0.3, 0.4) is 0 Å². The number of benzene rings is 2. The largest absolute Gasteiger partial charge is 0.344 e. The van der Waals surface area contributed by atoms with Gasteiger partial charge in [0.2, 0.25) is 11.0 Å². The molecule has 3 rings (SSSR count). The molecule has 2 aromatic carbocycles. The molecule has 5 nitrogen and oxygen atoms in total. The average Bonchev–Trinajstić information content (AvgIpc) is 3.19. The maximum atomic E-state index is 13.8. The molecule has 1 aromatic heterocycles. The molecule has 1 N–H and O–H groups in total. The molecule has 30 heavy (non-hydrogen) atoms. The van der Waals surface area contributed by atoms with Crippen LogP contribution in [0.1, 0.15) is 43.6 Å². The monoisotopic (exact) mass is 426 g/mol. The number of hydrogen-bond acceptors (Lipinski definition) is 5. The predicted octanol–water partition coefficient (Wildman–Crippen LogP) is 5.21. The zero-order valence-electron chi connectivity index (χ0n) is 17.6. The number of nitrogens with zero attached hydrogens (tertiary/aromatic N) is 3. The molecule has 0 radical (unpaired) electrons. The van der Waals surface area contributed by atoms with Crippen LogP contribution in [0.5, 0.6) is 0 Å². The Balaban J connectivity index is 1.64. The van der Waals surface area contributed by atoms with Crippen LogP contribution in [-0.2, 0) is 11.2 Å². The normalized spacial score (nSPS) is 11.9. The van der Waals surface area contributed by atoms with Crippen molar-refractivity contribution in [2.75, 3.05) is 16.8 Å². The first-order chi connectivity index (χ1) is 14.5. The molecule has 1 atom stereocenters. The second kappa shape index (κ2) is 10.3. The maximum absolute atomic E-state index is 13.8. The van der Waals surface area contributed by atoms with Gasteiger partial charge in [0.15, 0.2) is 0 Å². The van der Waals surface area contributed by atoms with Crippen molar-refractivity contribution in [1.29, 1.82) is 0 Å². The molecular weight excluding hydrogens is 399 g/mol. The standard InChI is InChI=1S/C23H27FN4OS/c1-4-17(3)28(14-13-22(29)25-20-8-6-5-7-19(20)24)23-26-21(27-30-23)15-18-11-9-16(2)10-12-18/h5-12,17H,4,13-15H2,1-3H3,(H,25,29). The number of carbonyl (C=O) groups excluding carboxylic acids is 1. The van der Waals surface area contributed by atoms with E-state index in [0.717, 1.165) is 17.4 Å². The van der Waals surface area contributed by atoms with E-state index in [1.54, 1.807) is 18.2 Å². The van der Waals surface area contributed by atoms with E-state index in [0.29, 0.717) is 13.0 Å². The Kier molecular flexibility index (Phi) is 7.52. The Labute approximate surface area is 181 Å². The van der Waals surface area contributed by atoms with E-state index in [-0.39, 0.29) is 24.1 Å². The average molecular weight is 427 g/mol. The second-order valence-corrected chi connectivity index (χ2v) is 8.11. The lowest BCUT2D eigenvalue weighted by Gasteiger charge is -2.27. The van der Waals surface area contributed by atoms with E-state index in [4.69, 9.17) is 4.98 Å². The summed E-state index contributed by atoms with van der Waals surface area (Å²) in [6.07, 6.45) is 1.84. The van der Waals surface area contributed by atoms with Crippen molar-refractivity contribution in [2.45, 2.75) is 46.1 Å².